The summed E-state index contributed by atoms with van der Waals surface area (Å²) in [6.07, 6.45) is 0.758. The van der Waals surface area contributed by atoms with E-state index in [1.165, 1.54) is 5.56 Å². The molecule has 6 heteroatoms. The van der Waals surface area contributed by atoms with Crippen LogP contribution in [0.15, 0.2) is 77.7 Å². The Bertz CT molecular complexity index is 1280. The molecule has 0 aliphatic carbocycles. The maximum Gasteiger partial charge on any atom is 0.255 e. The Hall–Kier alpha value is -3.51. The van der Waals surface area contributed by atoms with Crippen LogP contribution in [0.4, 0.5) is 5.69 Å². The predicted molar refractivity (Wildman–Crippen MR) is 136 cm³/mol. The fourth-order valence-corrected chi connectivity index (χ4v) is 4.04. The lowest BCUT2D eigenvalue weighted by molar-refractivity contribution is 0.102. The Morgan fingerprint density at radius 1 is 1.06 bits per heavy atom. The van der Waals surface area contributed by atoms with Crippen molar-refractivity contribution in [3.8, 4) is 22.9 Å². The number of thiol groups is 1. The molecule has 4 rings (SSSR count). The minimum absolute atomic E-state index is 0.219. The summed E-state index contributed by atoms with van der Waals surface area (Å²) < 4.78 is 6.13. The average molecular weight is 458 g/mol. The lowest BCUT2D eigenvalue weighted by Gasteiger charge is -2.13. The number of hydrogen-bond acceptors (Lipinski definition) is 4. The van der Waals surface area contributed by atoms with Crippen LogP contribution >= 0.6 is 12.6 Å². The molecule has 1 amide bonds. The molecular weight excluding hydrogens is 430 g/mol. The topological polar surface area (TPSA) is 67.0 Å². The molecule has 0 aliphatic rings. The number of anilines is 1. The molecule has 0 spiro atoms. The molecule has 0 aliphatic heterocycles. The summed E-state index contributed by atoms with van der Waals surface area (Å²) in [4.78, 5) is 13.5. The summed E-state index contributed by atoms with van der Waals surface area (Å²) in [5, 5.41) is 10.5. The highest BCUT2D eigenvalue weighted by Gasteiger charge is 2.19. The third kappa shape index (κ3) is 5.12. The van der Waals surface area contributed by atoms with Gasteiger partial charge in [-0.2, -0.15) is 0 Å². The van der Waals surface area contributed by atoms with E-state index in [9.17, 15) is 4.79 Å². The van der Waals surface area contributed by atoms with Crippen molar-refractivity contribution < 1.29 is 9.53 Å². The minimum Gasteiger partial charge on any atom is -0.437 e. The molecule has 4 aromatic rings. The second-order valence-electron chi connectivity index (χ2n) is 8.11. The van der Waals surface area contributed by atoms with Crippen molar-refractivity contribution in [1.82, 2.24) is 10.2 Å². The maximum atomic E-state index is 12.7. The van der Waals surface area contributed by atoms with E-state index in [4.69, 9.17) is 4.74 Å². The zero-order valence-corrected chi connectivity index (χ0v) is 19.8. The lowest BCUT2D eigenvalue weighted by atomic mass is 9.93. The summed E-state index contributed by atoms with van der Waals surface area (Å²) in [7, 11) is 0. The second kappa shape index (κ2) is 9.96. The highest BCUT2D eigenvalue weighted by Crippen LogP contribution is 2.35. The molecule has 5 nitrogen and oxygen atoms in total. The Morgan fingerprint density at radius 3 is 2.61 bits per heavy atom. The number of ether oxygens (including phenoxy) is 1. The standard InChI is InChI=1S/C27H27N3O2S/c1-4-22-25(24-14-6-5-13-23(24)17(2)3)29-30-27(22)32-20-11-7-9-18(15-20)26(31)28-19-10-8-12-21(33)16-19/h5-17,33H,4H2,1-3H3,(H,28,31)(H,29,30). The van der Waals surface area contributed by atoms with Crippen molar-refractivity contribution in [3.63, 3.8) is 0 Å². The molecule has 2 N–H and O–H groups in total. The molecule has 0 fully saturated rings. The quantitative estimate of drug-likeness (QED) is 0.259. The summed E-state index contributed by atoms with van der Waals surface area (Å²) in [5.74, 6) is 1.24. The van der Waals surface area contributed by atoms with Crippen LogP contribution < -0.4 is 10.1 Å². The number of hydrogen-bond donors (Lipinski definition) is 3. The summed E-state index contributed by atoms with van der Waals surface area (Å²) in [6, 6.07) is 22.8. The van der Waals surface area contributed by atoms with E-state index in [1.54, 1.807) is 24.3 Å². The third-order valence-corrected chi connectivity index (χ3v) is 5.73. The van der Waals surface area contributed by atoms with Crippen LogP contribution in [-0.2, 0) is 6.42 Å². The molecule has 1 aromatic heterocycles. The Kier molecular flexibility index (Phi) is 6.84. The predicted octanol–water partition coefficient (Wildman–Crippen LogP) is 7.10. The number of amides is 1. The van der Waals surface area contributed by atoms with Gasteiger partial charge >= 0.3 is 0 Å². The third-order valence-electron chi connectivity index (χ3n) is 5.45. The zero-order chi connectivity index (χ0) is 23.4. The van der Waals surface area contributed by atoms with Crippen LogP contribution in [0.2, 0.25) is 0 Å². The van der Waals surface area contributed by atoms with Crippen molar-refractivity contribution in [2.24, 2.45) is 0 Å². The highest BCUT2D eigenvalue weighted by atomic mass is 32.1. The normalized spacial score (nSPS) is 10.9. The summed E-state index contributed by atoms with van der Waals surface area (Å²) in [5.41, 5.74) is 5.54. The van der Waals surface area contributed by atoms with Gasteiger partial charge in [-0.25, -0.2) is 0 Å². The van der Waals surface area contributed by atoms with Gasteiger partial charge in [-0.1, -0.05) is 57.2 Å². The van der Waals surface area contributed by atoms with Crippen molar-refractivity contribution in [1.29, 1.82) is 0 Å². The fourth-order valence-electron chi connectivity index (χ4n) is 3.81. The number of benzene rings is 3. The summed E-state index contributed by atoms with van der Waals surface area (Å²) in [6.45, 7) is 6.45. The van der Waals surface area contributed by atoms with Crippen LogP contribution in [0, 0.1) is 0 Å². The van der Waals surface area contributed by atoms with Gasteiger partial charge in [0.2, 0.25) is 5.88 Å². The monoisotopic (exact) mass is 457 g/mol. The average Bonchev–Trinajstić information content (AvgIpc) is 3.21. The van der Waals surface area contributed by atoms with Crippen molar-refractivity contribution in [2.45, 2.75) is 38.0 Å². The number of aromatic nitrogens is 2. The van der Waals surface area contributed by atoms with E-state index in [1.807, 2.05) is 30.3 Å². The van der Waals surface area contributed by atoms with E-state index in [0.29, 0.717) is 28.8 Å². The SMILES string of the molecule is CCc1c(Oc2cccc(C(=O)Nc3cccc(S)c3)c2)n[nH]c1-c1ccccc1C(C)C. The van der Waals surface area contributed by atoms with E-state index < -0.39 is 0 Å². The van der Waals surface area contributed by atoms with E-state index in [-0.39, 0.29) is 5.91 Å². The largest absolute Gasteiger partial charge is 0.437 e. The van der Waals surface area contributed by atoms with Gasteiger partial charge in [-0.15, -0.1) is 17.7 Å². The van der Waals surface area contributed by atoms with Crippen LogP contribution in [0.5, 0.6) is 11.6 Å². The number of aromatic amines is 1. The zero-order valence-electron chi connectivity index (χ0n) is 18.9. The van der Waals surface area contributed by atoms with E-state index in [0.717, 1.165) is 28.1 Å². The Balaban J connectivity index is 1.59. The van der Waals surface area contributed by atoms with Crippen LogP contribution in [0.1, 0.15) is 48.2 Å². The smallest absolute Gasteiger partial charge is 0.255 e. The van der Waals surface area contributed by atoms with Gasteiger partial charge in [-0.3, -0.25) is 9.89 Å². The number of nitrogens with zero attached hydrogens (tertiary/aromatic N) is 1. The van der Waals surface area contributed by atoms with Gasteiger partial charge in [-0.05, 0) is 54.3 Å². The number of carbonyl (C=O) groups excluding carboxylic acids is 1. The molecule has 168 valence electrons. The van der Waals surface area contributed by atoms with Gasteiger partial charge in [0.15, 0.2) is 0 Å². The molecule has 0 atom stereocenters. The minimum atomic E-state index is -0.219. The van der Waals surface area contributed by atoms with Gasteiger partial charge in [0.1, 0.15) is 5.75 Å². The molecule has 0 saturated heterocycles. The molecule has 1 heterocycles. The molecule has 0 unspecified atom stereocenters. The number of H-pyrrole nitrogens is 1. The molecule has 0 radical (unpaired) electrons. The van der Waals surface area contributed by atoms with E-state index >= 15 is 0 Å². The second-order valence-corrected chi connectivity index (χ2v) is 8.63. The highest BCUT2D eigenvalue weighted by molar-refractivity contribution is 7.80. The van der Waals surface area contributed by atoms with Crippen LogP contribution in [0.3, 0.4) is 0 Å². The van der Waals surface area contributed by atoms with Gasteiger partial charge in [0.25, 0.3) is 5.91 Å². The first kappa shape index (κ1) is 22.7. The van der Waals surface area contributed by atoms with Gasteiger partial charge in [0, 0.05) is 27.3 Å². The van der Waals surface area contributed by atoms with Crippen molar-refractivity contribution in [2.75, 3.05) is 5.32 Å². The molecule has 3 aromatic carbocycles. The number of nitrogens with one attached hydrogen (secondary N) is 2. The molecular formula is C27H27N3O2S. The van der Waals surface area contributed by atoms with Crippen molar-refractivity contribution in [3.05, 3.63) is 89.5 Å². The van der Waals surface area contributed by atoms with Gasteiger partial charge in [0.05, 0.1) is 5.69 Å². The van der Waals surface area contributed by atoms with Crippen LogP contribution in [-0.4, -0.2) is 16.1 Å². The number of carbonyl (C=O) groups is 1. The summed E-state index contributed by atoms with van der Waals surface area (Å²) >= 11 is 4.32. The number of rotatable bonds is 7. The van der Waals surface area contributed by atoms with Gasteiger partial charge < -0.3 is 10.1 Å². The first-order valence-electron chi connectivity index (χ1n) is 11.0. The maximum absolute atomic E-state index is 12.7. The Morgan fingerprint density at radius 2 is 1.85 bits per heavy atom. The molecule has 33 heavy (non-hydrogen) atoms. The molecule has 0 saturated carbocycles. The van der Waals surface area contributed by atoms with Crippen LogP contribution in [0.25, 0.3) is 11.3 Å². The first-order valence-corrected chi connectivity index (χ1v) is 11.5. The fraction of sp³-hybridized carbons (Fsp3) is 0.185. The first-order chi connectivity index (χ1) is 16.0. The molecule has 0 bridgehead atoms. The Labute approximate surface area is 199 Å². The van der Waals surface area contributed by atoms with E-state index in [2.05, 4.69) is 67.1 Å². The lowest BCUT2D eigenvalue weighted by Crippen LogP contribution is -2.11. The van der Waals surface area contributed by atoms with Crippen molar-refractivity contribution >= 4 is 24.2 Å².